The first-order valence-electron chi connectivity index (χ1n) is 18.2. The summed E-state index contributed by atoms with van der Waals surface area (Å²) >= 11 is 0. The molecule has 1 heterocycles. The van der Waals surface area contributed by atoms with Crippen molar-refractivity contribution in [3.05, 3.63) is 113 Å². The van der Waals surface area contributed by atoms with Crippen molar-refractivity contribution in [1.82, 2.24) is 0 Å². The molecule has 1 aliphatic carbocycles. The lowest BCUT2D eigenvalue weighted by Crippen LogP contribution is -2.35. The van der Waals surface area contributed by atoms with Gasteiger partial charge in [-0.25, -0.2) is 0 Å². The Bertz CT molecular complexity index is 2050. The Labute approximate surface area is 303 Å². The molecule has 0 bridgehead atoms. The van der Waals surface area contributed by atoms with Crippen molar-refractivity contribution < 1.29 is 18.9 Å². The number of hydrogen-bond donors (Lipinski definition) is 0. The molecule has 6 nitrogen and oxygen atoms in total. The van der Waals surface area contributed by atoms with Gasteiger partial charge in [0.1, 0.15) is 11.5 Å². The fraction of sp³-hybridized carbons (Fsp3) is 0.333. The van der Waals surface area contributed by atoms with Crippen molar-refractivity contribution in [1.29, 1.82) is 0 Å². The first-order chi connectivity index (χ1) is 24.7. The van der Waals surface area contributed by atoms with E-state index in [0.29, 0.717) is 11.5 Å². The lowest BCUT2D eigenvalue weighted by molar-refractivity contribution is 0.162. The number of rotatable bonds is 11. The monoisotopic (exact) mass is 682 g/mol. The van der Waals surface area contributed by atoms with Gasteiger partial charge in [0.2, 0.25) is 0 Å². The van der Waals surface area contributed by atoms with Gasteiger partial charge in [0.05, 0.1) is 21.3 Å². The average molecular weight is 683 g/mol. The van der Waals surface area contributed by atoms with Crippen LogP contribution in [0.25, 0.3) is 28.0 Å². The molecule has 1 aliphatic heterocycles. The normalized spacial score (nSPS) is 14.7. The molecule has 0 N–H and O–H groups in total. The van der Waals surface area contributed by atoms with Crippen LogP contribution in [0.4, 0.5) is 11.4 Å². The second-order valence-corrected chi connectivity index (χ2v) is 13.9. The fourth-order valence-corrected chi connectivity index (χ4v) is 8.48. The molecule has 0 radical (unpaired) electrons. The van der Waals surface area contributed by atoms with E-state index in [9.17, 15) is 0 Å². The topological polar surface area (TPSA) is 43.4 Å². The highest BCUT2D eigenvalue weighted by molar-refractivity contribution is 6.09. The van der Waals surface area contributed by atoms with Crippen LogP contribution in [0.15, 0.2) is 84.9 Å². The molecule has 264 valence electrons. The van der Waals surface area contributed by atoms with Crippen molar-refractivity contribution in [3.63, 3.8) is 0 Å². The van der Waals surface area contributed by atoms with E-state index >= 15 is 0 Å². The van der Waals surface area contributed by atoms with E-state index in [4.69, 9.17) is 18.9 Å². The molecule has 0 unspecified atom stereocenters. The van der Waals surface area contributed by atoms with Gasteiger partial charge in [0.25, 0.3) is 0 Å². The molecule has 0 spiro atoms. The molecule has 0 atom stereocenters. The average Bonchev–Trinajstić information content (AvgIpc) is 3.41. The maximum atomic E-state index is 7.69. The zero-order valence-electron chi connectivity index (χ0n) is 31.5. The minimum atomic E-state index is -0.899. The van der Waals surface area contributed by atoms with Gasteiger partial charge in [0.15, 0.2) is 17.1 Å². The molecule has 6 heteroatoms. The zero-order chi connectivity index (χ0) is 36.1. The summed E-state index contributed by atoms with van der Waals surface area (Å²) in [5.74, 6) is 3.06. The predicted molar refractivity (Wildman–Crippen MR) is 212 cm³/mol. The van der Waals surface area contributed by atoms with E-state index in [2.05, 4.69) is 136 Å². The summed E-state index contributed by atoms with van der Waals surface area (Å²) in [7, 11) is 5.13. The molecule has 5 aromatic rings. The van der Waals surface area contributed by atoms with Crippen LogP contribution in [0.3, 0.4) is 0 Å². The molecular weight excluding hydrogens is 633 g/mol. The Morgan fingerprint density at radius 1 is 0.667 bits per heavy atom. The predicted octanol–water partition coefficient (Wildman–Crippen LogP) is 10.2. The lowest BCUT2D eigenvalue weighted by Gasteiger charge is -2.38. The first-order valence-corrected chi connectivity index (χ1v) is 18.2. The number of hydrogen-bond acceptors (Lipinski definition) is 6. The number of fused-ring (bicyclic) bond motifs is 8. The van der Waals surface area contributed by atoms with Gasteiger partial charge >= 0.3 is 0 Å². The molecule has 0 fully saturated rings. The number of anilines is 2. The maximum Gasteiger partial charge on any atom is 0.178 e. The van der Waals surface area contributed by atoms with E-state index in [0.717, 1.165) is 76.3 Å². The van der Waals surface area contributed by atoms with Gasteiger partial charge < -0.3 is 28.7 Å². The first kappa shape index (κ1) is 34.4. The van der Waals surface area contributed by atoms with E-state index in [1.54, 1.807) is 21.3 Å². The van der Waals surface area contributed by atoms with Gasteiger partial charge in [0, 0.05) is 70.6 Å². The van der Waals surface area contributed by atoms with Crippen molar-refractivity contribution in [2.24, 2.45) is 0 Å². The third-order valence-corrected chi connectivity index (χ3v) is 11.2. The lowest BCUT2D eigenvalue weighted by atomic mass is 9.78. The summed E-state index contributed by atoms with van der Waals surface area (Å²) in [6.07, 6.45) is 4.47. The Balaban J connectivity index is 1.54. The van der Waals surface area contributed by atoms with Gasteiger partial charge in [-0.1, -0.05) is 50.2 Å². The van der Waals surface area contributed by atoms with Crippen LogP contribution in [0.1, 0.15) is 69.4 Å². The van der Waals surface area contributed by atoms with Gasteiger partial charge in [-0.05, 0) is 104 Å². The van der Waals surface area contributed by atoms with Crippen molar-refractivity contribution in [2.45, 2.75) is 52.6 Å². The van der Waals surface area contributed by atoms with Crippen LogP contribution >= 0.6 is 0 Å². The van der Waals surface area contributed by atoms with Crippen molar-refractivity contribution in [2.75, 3.05) is 57.3 Å². The molecule has 0 aromatic heterocycles. The van der Waals surface area contributed by atoms with E-state index < -0.39 is 5.60 Å². The molecule has 0 saturated carbocycles. The summed E-state index contributed by atoms with van der Waals surface area (Å²) in [4.78, 5) is 4.74. The second kappa shape index (κ2) is 13.2. The van der Waals surface area contributed by atoms with Crippen LogP contribution in [-0.4, -0.2) is 47.5 Å². The zero-order valence-corrected chi connectivity index (χ0v) is 31.5. The second-order valence-electron chi connectivity index (χ2n) is 13.9. The van der Waals surface area contributed by atoms with Crippen molar-refractivity contribution in [3.8, 4) is 34.1 Å². The maximum absolute atomic E-state index is 7.69. The molecule has 0 saturated heterocycles. The molecule has 5 aromatic carbocycles. The van der Waals surface area contributed by atoms with Crippen LogP contribution in [0.2, 0.25) is 0 Å². The highest BCUT2D eigenvalue weighted by Gasteiger charge is 2.45. The largest absolute Gasteiger partial charge is 0.497 e. The summed E-state index contributed by atoms with van der Waals surface area (Å²) in [5.41, 5.74) is 8.93. The molecule has 51 heavy (non-hydrogen) atoms. The van der Waals surface area contributed by atoms with Crippen LogP contribution in [-0.2, 0) is 11.0 Å². The minimum Gasteiger partial charge on any atom is -0.497 e. The molecule has 2 aliphatic rings. The van der Waals surface area contributed by atoms with Gasteiger partial charge in [-0.2, -0.15) is 0 Å². The van der Waals surface area contributed by atoms with Crippen molar-refractivity contribution >= 4 is 28.2 Å². The molecule has 0 amide bonds. The summed E-state index contributed by atoms with van der Waals surface area (Å²) < 4.78 is 25.4. The number of nitrogens with zero attached hydrogens (tertiary/aromatic N) is 2. The summed E-state index contributed by atoms with van der Waals surface area (Å²) in [6.45, 7) is 17.2. The quantitative estimate of drug-likeness (QED) is 0.138. The van der Waals surface area contributed by atoms with Gasteiger partial charge in [-0.3, -0.25) is 0 Å². The Hall–Kier alpha value is -5.10. The third-order valence-electron chi connectivity index (χ3n) is 11.2. The molecular formula is C45H50N2O4. The van der Waals surface area contributed by atoms with Crippen LogP contribution in [0.5, 0.6) is 23.0 Å². The smallest absolute Gasteiger partial charge is 0.178 e. The Morgan fingerprint density at radius 2 is 1.25 bits per heavy atom. The Morgan fingerprint density at radius 3 is 1.76 bits per heavy atom. The minimum absolute atomic E-state index is 0.351. The standard InChI is InChI=1S/C45H50N2O4/c1-10-46(11-2)31-18-14-29(15-19-31)45(30-16-20-32(21-17-30)47(12-3)13-4)27-26-36-39-35(24-25-38(49-8)43(39)50-9)41-40(42(36)51-45)34-23-22-33(48-7)28-37(34)44(41,5)6/h14-28H,10-13H2,1-9H3. The number of benzene rings is 5. The summed E-state index contributed by atoms with van der Waals surface area (Å²) in [6, 6.07) is 28.4. The van der Waals surface area contributed by atoms with E-state index in [1.165, 1.54) is 22.5 Å². The fourth-order valence-electron chi connectivity index (χ4n) is 8.48. The Kier molecular flexibility index (Phi) is 8.91. The number of ether oxygens (including phenoxy) is 4. The van der Waals surface area contributed by atoms with Gasteiger partial charge in [-0.15, -0.1) is 0 Å². The molecule has 7 rings (SSSR count). The third kappa shape index (κ3) is 5.21. The SMILES string of the molecule is CCN(CC)c1ccc(C2(c3ccc(N(CC)CC)cc3)C=Cc3c(c4c(c5ccc(OC)c(OC)c35)C(C)(C)c3cc(OC)ccc3-4)O2)cc1. The highest BCUT2D eigenvalue weighted by Crippen LogP contribution is 2.61. The summed E-state index contributed by atoms with van der Waals surface area (Å²) in [5, 5.41) is 2.10. The van der Waals surface area contributed by atoms with Crippen LogP contribution in [0, 0.1) is 0 Å². The van der Waals surface area contributed by atoms with Crippen LogP contribution < -0.4 is 28.7 Å². The highest BCUT2D eigenvalue weighted by atomic mass is 16.5. The van der Waals surface area contributed by atoms with E-state index in [1.807, 2.05) is 6.07 Å². The van der Waals surface area contributed by atoms with E-state index in [-0.39, 0.29) is 5.41 Å². The number of methoxy groups -OCH3 is 3.